The third kappa shape index (κ3) is 6.74. The summed E-state index contributed by atoms with van der Waals surface area (Å²) in [6.07, 6.45) is 0.911. The number of nitrogens with one attached hydrogen (secondary N) is 1. The van der Waals surface area contributed by atoms with Crippen LogP contribution in [-0.2, 0) is 15.9 Å². The van der Waals surface area contributed by atoms with E-state index in [1.54, 1.807) is 18.4 Å². The highest BCUT2D eigenvalue weighted by atomic mass is 79.9. The zero-order chi connectivity index (χ0) is 12.5. The number of thiophene rings is 1. The second-order valence-corrected chi connectivity index (χ2v) is 6.03. The molecule has 1 aromatic heterocycles. The standard InChI is InChI=1S/C11H17BrClNO2S/c1-15-6-3-14-4-7-16-5-2-9-8-10(12)11(13)17-9/h8,14H,2-7H2,1H3. The van der Waals surface area contributed by atoms with Gasteiger partial charge in [0.25, 0.3) is 0 Å². The van der Waals surface area contributed by atoms with Gasteiger partial charge in [0, 0.05) is 36.0 Å². The Kier molecular flexibility index (Phi) is 8.43. The van der Waals surface area contributed by atoms with Crippen molar-refractivity contribution in [2.24, 2.45) is 0 Å². The maximum Gasteiger partial charge on any atom is 0.107 e. The molecule has 17 heavy (non-hydrogen) atoms. The van der Waals surface area contributed by atoms with Gasteiger partial charge in [-0.2, -0.15) is 0 Å². The van der Waals surface area contributed by atoms with Crippen molar-refractivity contribution in [1.82, 2.24) is 5.32 Å². The molecule has 6 heteroatoms. The van der Waals surface area contributed by atoms with Crippen LogP contribution in [0.3, 0.4) is 0 Å². The minimum atomic E-state index is 0.726. The first-order chi connectivity index (χ1) is 8.24. The van der Waals surface area contributed by atoms with Gasteiger partial charge in [-0.15, -0.1) is 11.3 Å². The second-order valence-electron chi connectivity index (χ2n) is 3.44. The zero-order valence-electron chi connectivity index (χ0n) is 9.80. The highest BCUT2D eigenvalue weighted by Crippen LogP contribution is 2.32. The molecule has 98 valence electrons. The molecule has 3 nitrogen and oxygen atoms in total. The lowest BCUT2D eigenvalue weighted by atomic mass is 10.4. The minimum absolute atomic E-state index is 0.726. The Labute approximate surface area is 120 Å². The largest absolute Gasteiger partial charge is 0.383 e. The number of hydrogen-bond donors (Lipinski definition) is 1. The van der Waals surface area contributed by atoms with Gasteiger partial charge in [-0.25, -0.2) is 0 Å². The fourth-order valence-corrected chi connectivity index (χ4v) is 3.00. The molecule has 0 amide bonds. The molecule has 0 aliphatic carbocycles. The van der Waals surface area contributed by atoms with Gasteiger partial charge in [-0.3, -0.25) is 0 Å². The first-order valence-corrected chi connectivity index (χ1v) is 7.44. The molecule has 0 spiro atoms. The van der Waals surface area contributed by atoms with E-state index in [0.29, 0.717) is 0 Å². The van der Waals surface area contributed by atoms with Crippen molar-refractivity contribution < 1.29 is 9.47 Å². The van der Waals surface area contributed by atoms with E-state index in [1.165, 1.54) is 4.88 Å². The van der Waals surface area contributed by atoms with Crippen LogP contribution in [0, 0.1) is 0 Å². The number of methoxy groups -OCH3 is 1. The van der Waals surface area contributed by atoms with Gasteiger partial charge in [0.05, 0.1) is 19.8 Å². The fraction of sp³-hybridized carbons (Fsp3) is 0.636. The molecule has 1 N–H and O–H groups in total. The summed E-state index contributed by atoms with van der Waals surface area (Å²) < 4.78 is 12.2. The van der Waals surface area contributed by atoms with Gasteiger partial charge in [0.2, 0.25) is 0 Å². The molecule has 1 heterocycles. The lowest BCUT2D eigenvalue weighted by Gasteiger charge is -2.04. The number of hydrogen-bond acceptors (Lipinski definition) is 4. The van der Waals surface area contributed by atoms with Crippen LogP contribution in [0.2, 0.25) is 4.34 Å². The van der Waals surface area contributed by atoms with Crippen molar-refractivity contribution in [2.45, 2.75) is 6.42 Å². The third-order valence-electron chi connectivity index (χ3n) is 2.10. The van der Waals surface area contributed by atoms with Crippen LogP contribution >= 0.6 is 38.9 Å². The smallest absolute Gasteiger partial charge is 0.107 e. The Hall–Kier alpha value is 0.350. The van der Waals surface area contributed by atoms with Crippen molar-refractivity contribution in [1.29, 1.82) is 0 Å². The Morgan fingerprint density at radius 2 is 2.12 bits per heavy atom. The van der Waals surface area contributed by atoms with Gasteiger partial charge >= 0.3 is 0 Å². The summed E-state index contributed by atoms with van der Waals surface area (Å²) in [4.78, 5) is 1.24. The third-order valence-corrected chi connectivity index (χ3v) is 4.63. The molecule has 0 saturated heterocycles. The molecular weight excluding hydrogens is 326 g/mol. The summed E-state index contributed by atoms with van der Waals surface area (Å²) in [6.45, 7) is 3.92. The van der Waals surface area contributed by atoms with E-state index in [4.69, 9.17) is 21.1 Å². The molecule has 0 aromatic carbocycles. The van der Waals surface area contributed by atoms with Crippen molar-refractivity contribution in [3.63, 3.8) is 0 Å². The van der Waals surface area contributed by atoms with Crippen LogP contribution in [-0.4, -0.2) is 40.0 Å². The molecule has 0 aliphatic heterocycles. The minimum Gasteiger partial charge on any atom is -0.383 e. The SMILES string of the molecule is COCCNCCOCCc1cc(Br)c(Cl)s1. The highest BCUT2D eigenvalue weighted by molar-refractivity contribution is 9.10. The van der Waals surface area contributed by atoms with E-state index in [1.807, 2.05) is 6.07 Å². The second kappa shape index (κ2) is 9.30. The van der Waals surface area contributed by atoms with Crippen LogP contribution in [0.25, 0.3) is 0 Å². The van der Waals surface area contributed by atoms with E-state index >= 15 is 0 Å². The summed E-state index contributed by atoms with van der Waals surface area (Å²) in [6, 6.07) is 2.05. The lowest BCUT2D eigenvalue weighted by molar-refractivity contribution is 0.135. The van der Waals surface area contributed by atoms with Crippen LogP contribution in [0.15, 0.2) is 10.5 Å². The molecule has 1 aromatic rings. The van der Waals surface area contributed by atoms with E-state index in [2.05, 4.69) is 21.2 Å². The van der Waals surface area contributed by atoms with Crippen LogP contribution < -0.4 is 5.32 Å². The predicted octanol–water partition coefficient (Wildman–Crippen LogP) is 2.96. The summed E-state index contributed by atoms with van der Waals surface area (Å²) in [5, 5.41) is 3.22. The quantitative estimate of drug-likeness (QED) is 0.700. The molecular formula is C11H17BrClNO2S. The average molecular weight is 343 g/mol. The highest BCUT2D eigenvalue weighted by Gasteiger charge is 2.03. The maximum absolute atomic E-state index is 5.95. The van der Waals surface area contributed by atoms with Crippen LogP contribution in [0.1, 0.15) is 4.88 Å². The molecule has 0 unspecified atom stereocenters. The summed E-state index contributed by atoms with van der Waals surface area (Å²) in [7, 11) is 1.70. The molecule has 0 aliphatic rings. The van der Waals surface area contributed by atoms with Crippen molar-refractivity contribution in [3.05, 3.63) is 19.8 Å². The maximum atomic E-state index is 5.95. The molecule has 0 radical (unpaired) electrons. The molecule has 1 rings (SSSR count). The zero-order valence-corrected chi connectivity index (χ0v) is 13.0. The first kappa shape index (κ1) is 15.4. The Balaban J connectivity index is 1.97. The summed E-state index contributed by atoms with van der Waals surface area (Å²) in [5.74, 6) is 0. The number of ether oxygens (including phenoxy) is 2. The first-order valence-electron chi connectivity index (χ1n) is 5.45. The van der Waals surface area contributed by atoms with E-state index in [-0.39, 0.29) is 0 Å². The van der Waals surface area contributed by atoms with Gasteiger partial charge in [-0.05, 0) is 22.0 Å². The number of rotatable bonds is 9. The molecule has 0 atom stereocenters. The predicted molar refractivity (Wildman–Crippen MR) is 76.3 cm³/mol. The Morgan fingerprint density at radius 3 is 2.76 bits per heavy atom. The van der Waals surface area contributed by atoms with E-state index < -0.39 is 0 Å². The van der Waals surface area contributed by atoms with Crippen LogP contribution in [0.5, 0.6) is 0 Å². The fourth-order valence-electron chi connectivity index (χ4n) is 1.23. The van der Waals surface area contributed by atoms with Crippen LogP contribution in [0.4, 0.5) is 0 Å². The van der Waals surface area contributed by atoms with Gasteiger partial charge in [0.15, 0.2) is 0 Å². The van der Waals surface area contributed by atoms with Crippen molar-refractivity contribution >= 4 is 38.9 Å². The Bertz CT molecular complexity index is 303. The Morgan fingerprint density at radius 1 is 1.35 bits per heavy atom. The van der Waals surface area contributed by atoms with E-state index in [0.717, 1.165) is 48.1 Å². The lowest BCUT2D eigenvalue weighted by Crippen LogP contribution is -2.23. The van der Waals surface area contributed by atoms with Crippen molar-refractivity contribution in [3.8, 4) is 0 Å². The monoisotopic (exact) mass is 341 g/mol. The van der Waals surface area contributed by atoms with E-state index in [9.17, 15) is 0 Å². The summed E-state index contributed by atoms with van der Waals surface area (Å²) in [5.41, 5.74) is 0. The molecule has 0 bridgehead atoms. The van der Waals surface area contributed by atoms with Gasteiger partial charge in [0.1, 0.15) is 4.34 Å². The number of halogens is 2. The average Bonchev–Trinajstić information content (AvgIpc) is 2.62. The summed E-state index contributed by atoms with van der Waals surface area (Å²) >= 11 is 10.9. The normalized spacial score (nSPS) is 11.0. The molecule has 0 saturated carbocycles. The van der Waals surface area contributed by atoms with Gasteiger partial charge < -0.3 is 14.8 Å². The topological polar surface area (TPSA) is 30.5 Å². The van der Waals surface area contributed by atoms with Gasteiger partial charge in [-0.1, -0.05) is 11.6 Å². The van der Waals surface area contributed by atoms with Crippen molar-refractivity contribution in [2.75, 3.05) is 40.0 Å². The molecule has 0 fully saturated rings.